The Kier molecular flexibility index (Phi) is 10.5. The first-order valence-electron chi connectivity index (χ1n) is 18.8. The number of hydrogen-bond donors (Lipinski definition) is 3. The van der Waals surface area contributed by atoms with E-state index < -0.39 is 35.5 Å². The average molecular weight is 795 g/mol. The van der Waals surface area contributed by atoms with Crippen molar-refractivity contribution in [2.45, 2.75) is 51.5 Å². The van der Waals surface area contributed by atoms with Gasteiger partial charge in [0, 0.05) is 47.2 Å². The number of halogens is 1. The van der Waals surface area contributed by atoms with Crippen LogP contribution in [0.1, 0.15) is 62.4 Å². The lowest BCUT2D eigenvalue weighted by molar-refractivity contribution is -0.136. The number of imide groups is 2. The van der Waals surface area contributed by atoms with Crippen LogP contribution in [-0.2, 0) is 36.8 Å². The SMILES string of the molecule is Cc1sc(NC(=O)Cc2ccc(F)c(OCCOCCNc3cccc4c3C(=O)N(C3CCC(=O)NC3=O)C4=O)c2)nc1-c1ccc2c(c1)CCN2C(=O)C1CC1. The van der Waals surface area contributed by atoms with Crippen LogP contribution in [0.15, 0.2) is 54.6 Å². The molecule has 57 heavy (non-hydrogen) atoms. The molecule has 0 spiro atoms. The molecule has 14 nitrogen and oxygen atoms in total. The number of piperidine rings is 1. The number of amides is 6. The van der Waals surface area contributed by atoms with Gasteiger partial charge in [0.1, 0.15) is 12.6 Å². The minimum atomic E-state index is -1.06. The Bertz CT molecular complexity index is 2330. The van der Waals surface area contributed by atoms with Crippen LogP contribution < -0.4 is 25.6 Å². The second-order valence-corrected chi connectivity index (χ2v) is 15.5. The van der Waals surface area contributed by atoms with E-state index in [0.717, 1.165) is 51.5 Å². The first-order valence-corrected chi connectivity index (χ1v) is 19.7. The fourth-order valence-corrected chi connectivity index (χ4v) is 8.25. The van der Waals surface area contributed by atoms with Gasteiger partial charge in [-0.05, 0) is 80.1 Å². The number of anilines is 3. The fourth-order valence-electron chi connectivity index (χ4n) is 7.40. The molecule has 0 radical (unpaired) electrons. The highest BCUT2D eigenvalue weighted by molar-refractivity contribution is 7.16. The van der Waals surface area contributed by atoms with Crippen LogP contribution in [0, 0.1) is 18.7 Å². The van der Waals surface area contributed by atoms with Gasteiger partial charge < -0.3 is 25.0 Å². The number of ether oxygens (including phenoxy) is 2. The molecule has 0 bridgehead atoms. The molecule has 1 saturated heterocycles. The molecule has 4 aromatic rings. The van der Waals surface area contributed by atoms with Crippen molar-refractivity contribution in [3.8, 4) is 17.0 Å². The minimum absolute atomic E-state index is 0.0213. The van der Waals surface area contributed by atoms with Crippen molar-refractivity contribution in [3.63, 3.8) is 0 Å². The third-order valence-corrected chi connectivity index (χ3v) is 11.2. The molecule has 3 aromatic carbocycles. The Labute approximate surface area is 330 Å². The van der Waals surface area contributed by atoms with Gasteiger partial charge in [0.25, 0.3) is 11.8 Å². The van der Waals surface area contributed by atoms with Crippen molar-refractivity contribution in [3.05, 3.63) is 87.5 Å². The molecule has 1 aliphatic carbocycles. The minimum Gasteiger partial charge on any atom is -0.488 e. The van der Waals surface area contributed by atoms with E-state index >= 15 is 0 Å². The standard InChI is InChI=1S/C41H39FN6O8S/c1-22-36(26-8-10-30-25(21-26)13-15-47(30)38(52)24-6-7-24)46-41(57-22)45-34(50)20-23-5-9-28(42)32(19-23)56-18-17-55-16-14-43-29-4-2-3-27-35(29)40(54)48(39(27)53)31-11-12-33(49)44-37(31)51/h2-5,8-10,19,21,24,31,43H,6-7,11-18,20H2,1H3,(H,44,49,51)(H,45,46,50). The van der Waals surface area contributed by atoms with E-state index in [0.29, 0.717) is 22.9 Å². The van der Waals surface area contributed by atoms with Crippen LogP contribution in [0.5, 0.6) is 5.75 Å². The quantitative estimate of drug-likeness (QED) is 0.120. The van der Waals surface area contributed by atoms with Gasteiger partial charge >= 0.3 is 0 Å². The summed E-state index contributed by atoms with van der Waals surface area (Å²) < 4.78 is 25.9. The smallest absolute Gasteiger partial charge is 0.264 e. The molecule has 1 atom stereocenters. The van der Waals surface area contributed by atoms with Gasteiger partial charge in [-0.25, -0.2) is 9.37 Å². The molecule has 8 rings (SSSR count). The first-order chi connectivity index (χ1) is 27.5. The highest BCUT2D eigenvalue weighted by Crippen LogP contribution is 2.39. The van der Waals surface area contributed by atoms with Crippen molar-refractivity contribution >= 4 is 63.3 Å². The van der Waals surface area contributed by atoms with Crippen LogP contribution in [0.2, 0.25) is 0 Å². The summed E-state index contributed by atoms with van der Waals surface area (Å²) in [6, 6.07) is 14.0. The van der Waals surface area contributed by atoms with E-state index in [1.807, 2.05) is 24.0 Å². The number of rotatable bonds is 14. The number of fused-ring (bicyclic) bond motifs is 2. The van der Waals surface area contributed by atoms with Gasteiger partial charge in [0.2, 0.25) is 23.6 Å². The Morgan fingerprint density at radius 1 is 0.982 bits per heavy atom. The Hall–Kier alpha value is -6.00. The average Bonchev–Trinajstić information content (AvgIpc) is 3.78. The number of carbonyl (C=O) groups is 6. The summed E-state index contributed by atoms with van der Waals surface area (Å²) in [5, 5.41) is 8.59. The zero-order valence-corrected chi connectivity index (χ0v) is 31.8. The predicted molar refractivity (Wildman–Crippen MR) is 208 cm³/mol. The van der Waals surface area contributed by atoms with Crippen molar-refractivity contribution < 1.29 is 42.6 Å². The number of carbonyl (C=O) groups excluding carboxylic acids is 6. The lowest BCUT2D eigenvalue weighted by atomic mass is 10.0. The summed E-state index contributed by atoms with van der Waals surface area (Å²) in [5.74, 6) is -2.87. The number of hydrogen-bond acceptors (Lipinski definition) is 11. The summed E-state index contributed by atoms with van der Waals surface area (Å²) in [6.07, 6.45) is 2.80. The summed E-state index contributed by atoms with van der Waals surface area (Å²) in [6.45, 7) is 3.25. The molecule has 1 saturated carbocycles. The summed E-state index contributed by atoms with van der Waals surface area (Å²) in [4.78, 5) is 84.4. The first kappa shape index (κ1) is 37.9. The lowest BCUT2D eigenvalue weighted by Gasteiger charge is -2.27. The van der Waals surface area contributed by atoms with E-state index in [-0.39, 0.29) is 80.2 Å². The highest BCUT2D eigenvalue weighted by atomic mass is 32.1. The van der Waals surface area contributed by atoms with E-state index in [1.165, 1.54) is 35.6 Å². The maximum atomic E-state index is 14.6. The zero-order valence-electron chi connectivity index (χ0n) is 31.0. The van der Waals surface area contributed by atoms with Gasteiger partial charge in [0.15, 0.2) is 16.7 Å². The molecule has 3 N–H and O–H groups in total. The van der Waals surface area contributed by atoms with Crippen LogP contribution in [0.3, 0.4) is 0 Å². The largest absolute Gasteiger partial charge is 0.488 e. The van der Waals surface area contributed by atoms with Crippen molar-refractivity contribution in [2.24, 2.45) is 5.92 Å². The number of aryl methyl sites for hydroxylation is 1. The van der Waals surface area contributed by atoms with E-state index in [1.54, 1.807) is 12.1 Å². The molecule has 1 unspecified atom stereocenters. The molecule has 4 heterocycles. The molecular weight excluding hydrogens is 756 g/mol. The summed E-state index contributed by atoms with van der Waals surface area (Å²) in [7, 11) is 0. The molecule has 294 valence electrons. The van der Waals surface area contributed by atoms with E-state index in [4.69, 9.17) is 14.5 Å². The van der Waals surface area contributed by atoms with Crippen LogP contribution in [0.4, 0.5) is 20.9 Å². The van der Waals surface area contributed by atoms with Crippen molar-refractivity contribution in [2.75, 3.05) is 48.4 Å². The lowest BCUT2D eigenvalue weighted by Crippen LogP contribution is -2.54. The Morgan fingerprint density at radius 3 is 2.63 bits per heavy atom. The maximum absolute atomic E-state index is 14.6. The zero-order chi connectivity index (χ0) is 39.8. The van der Waals surface area contributed by atoms with Crippen LogP contribution in [-0.4, -0.2) is 84.3 Å². The molecular formula is C41H39FN6O8S. The Balaban J connectivity index is 0.791. The normalized spacial score (nSPS) is 17.4. The molecule has 3 aliphatic heterocycles. The van der Waals surface area contributed by atoms with Gasteiger partial charge in [-0.2, -0.15) is 0 Å². The molecule has 4 aliphatic rings. The number of nitrogens with zero attached hydrogens (tertiary/aromatic N) is 3. The second-order valence-electron chi connectivity index (χ2n) is 14.3. The van der Waals surface area contributed by atoms with Gasteiger partial charge in [-0.15, -0.1) is 11.3 Å². The summed E-state index contributed by atoms with van der Waals surface area (Å²) in [5.41, 5.74) is 5.05. The molecule has 6 amide bonds. The maximum Gasteiger partial charge on any atom is 0.264 e. The topological polar surface area (TPSA) is 176 Å². The second kappa shape index (κ2) is 15.9. The van der Waals surface area contributed by atoms with Gasteiger partial charge in [-0.1, -0.05) is 18.2 Å². The van der Waals surface area contributed by atoms with E-state index in [2.05, 4.69) is 22.0 Å². The molecule has 16 heteroatoms. The fraction of sp³-hybridized carbons (Fsp3) is 0.341. The number of nitrogens with one attached hydrogen (secondary N) is 3. The van der Waals surface area contributed by atoms with Gasteiger partial charge in [-0.3, -0.25) is 39.0 Å². The van der Waals surface area contributed by atoms with Crippen molar-refractivity contribution in [1.29, 1.82) is 0 Å². The summed E-state index contributed by atoms with van der Waals surface area (Å²) >= 11 is 1.37. The third kappa shape index (κ3) is 7.87. The van der Waals surface area contributed by atoms with Crippen LogP contribution >= 0.6 is 11.3 Å². The predicted octanol–water partition coefficient (Wildman–Crippen LogP) is 4.65. The third-order valence-electron chi connectivity index (χ3n) is 10.4. The number of thiazole rings is 1. The monoisotopic (exact) mass is 794 g/mol. The van der Waals surface area contributed by atoms with Crippen molar-refractivity contribution in [1.82, 2.24) is 15.2 Å². The molecule has 1 aromatic heterocycles. The van der Waals surface area contributed by atoms with Gasteiger partial charge in [0.05, 0.1) is 36.5 Å². The number of benzene rings is 3. The number of aromatic nitrogens is 1. The van der Waals surface area contributed by atoms with Crippen LogP contribution in [0.25, 0.3) is 11.3 Å². The van der Waals surface area contributed by atoms with E-state index in [9.17, 15) is 33.2 Å². The highest BCUT2D eigenvalue weighted by Gasteiger charge is 2.45. The Morgan fingerprint density at radius 2 is 1.82 bits per heavy atom. The molecule has 2 fully saturated rings.